The van der Waals surface area contributed by atoms with Crippen LogP contribution in [0.1, 0.15) is 0 Å². The minimum atomic E-state index is 0.564. The van der Waals surface area contributed by atoms with Crippen LogP contribution in [-0.2, 0) is 0 Å². The predicted octanol–water partition coefficient (Wildman–Crippen LogP) is 5.90. The first kappa shape index (κ1) is 12.1. The molecule has 2 aromatic carbocycles. The number of benzene rings is 2. The second kappa shape index (κ2) is 4.61. The Morgan fingerprint density at radius 1 is 0.889 bits per heavy atom. The first-order chi connectivity index (χ1) is 8.63. The van der Waals surface area contributed by atoms with E-state index in [0.717, 1.165) is 26.6 Å². The Balaban J connectivity index is 2.16. The molecule has 0 aliphatic carbocycles. The first-order valence-corrected chi connectivity index (χ1v) is 6.92. The summed E-state index contributed by atoms with van der Waals surface area (Å²) in [6.45, 7) is 0. The van der Waals surface area contributed by atoms with Gasteiger partial charge in [0.05, 0.1) is 10.0 Å². The molecular formula is C14H8BrCl2N. The standard InChI is InChI=1S/C14H8BrCl2N/c15-10-2-4-13-9(5-10)7-14(18-13)8-1-3-11(16)12(17)6-8/h1-7,18H. The third-order valence-electron chi connectivity index (χ3n) is 2.81. The van der Waals surface area contributed by atoms with Crippen LogP contribution in [0.3, 0.4) is 0 Å². The highest BCUT2D eigenvalue weighted by Crippen LogP contribution is 2.30. The lowest BCUT2D eigenvalue weighted by atomic mass is 10.1. The highest BCUT2D eigenvalue weighted by atomic mass is 79.9. The number of aromatic nitrogens is 1. The van der Waals surface area contributed by atoms with E-state index in [0.29, 0.717) is 10.0 Å². The summed E-state index contributed by atoms with van der Waals surface area (Å²) in [7, 11) is 0. The van der Waals surface area contributed by atoms with Crippen molar-refractivity contribution < 1.29 is 0 Å². The van der Waals surface area contributed by atoms with Crippen molar-refractivity contribution in [3.8, 4) is 11.3 Å². The normalized spacial score (nSPS) is 11.1. The third kappa shape index (κ3) is 2.16. The summed E-state index contributed by atoms with van der Waals surface area (Å²) in [4.78, 5) is 3.36. The van der Waals surface area contributed by atoms with Crippen molar-refractivity contribution in [2.45, 2.75) is 0 Å². The smallest absolute Gasteiger partial charge is 0.0599 e. The number of aromatic amines is 1. The van der Waals surface area contributed by atoms with Crippen molar-refractivity contribution in [1.29, 1.82) is 0 Å². The molecule has 1 aromatic heterocycles. The van der Waals surface area contributed by atoms with E-state index in [-0.39, 0.29) is 0 Å². The van der Waals surface area contributed by atoms with E-state index in [2.05, 4.69) is 33.0 Å². The van der Waals surface area contributed by atoms with Crippen LogP contribution in [0.15, 0.2) is 46.9 Å². The Morgan fingerprint density at radius 3 is 2.50 bits per heavy atom. The topological polar surface area (TPSA) is 15.8 Å². The van der Waals surface area contributed by atoms with Gasteiger partial charge in [0.1, 0.15) is 0 Å². The number of nitrogens with one attached hydrogen (secondary N) is 1. The SMILES string of the molecule is Clc1ccc(-c2cc3cc(Br)ccc3[nH]2)cc1Cl. The first-order valence-electron chi connectivity index (χ1n) is 5.37. The molecule has 0 atom stereocenters. The average Bonchev–Trinajstić information content (AvgIpc) is 2.75. The average molecular weight is 341 g/mol. The zero-order valence-corrected chi connectivity index (χ0v) is 12.3. The van der Waals surface area contributed by atoms with Gasteiger partial charge in [-0.1, -0.05) is 45.2 Å². The third-order valence-corrected chi connectivity index (χ3v) is 4.05. The van der Waals surface area contributed by atoms with Gasteiger partial charge < -0.3 is 4.98 Å². The van der Waals surface area contributed by atoms with E-state index < -0.39 is 0 Å². The molecule has 0 radical (unpaired) electrons. The summed E-state index contributed by atoms with van der Waals surface area (Å²) in [6, 6.07) is 13.8. The van der Waals surface area contributed by atoms with Gasteiger partial charge in [-0.3, -0.25) is 0 Å². The lowest BCUT2D eigenvalue weighted by Gasteiger charge is -2.00. The van der Waals surface area contributed by atoms with Crippen LogP contribution < -0.4 is 0 Å². The molecule has 4 heteroatoms. The minimum Gasteiger partial charge on any atom is -0.355 e. The molecule has 0 saturated carbocycles. The van der Waals surface area contributed by atoms with Crippen molar-refractivity contribution in [3.05, 3.63) is 57.0 Å². The number of hydrogen-bond acceptors (Lipinski definition) is 0. The van der Waals surface area contributed by atoms with Crippen LogP contribution in [0.2, 0.25) is 10.0 Å². The van der Waals surface area contributed by atoms with Crippen LogP contribution in [0.5, 0.6) is 0 Å². The summed E-state index contributed by atoms with van der Waals surface area (Å²) in [5, 5.41) is 2.29. The Morgan fingerprint density at radius 2 is 1.72 bits per heavy atom. The maximum atomic E-state index is 6.03. The summed E-state index contributed by atoms with van der Waals surface area (Å²) >= 11 is 15.4. The molecule has 3 rings (SSSR count). The quantitative estimate of drug-likeness (QED) is 0.567. The zero-order valence-electron chi connectivity index (χ0n) is 9.18. The molecule has 0 unspecified atom stereocenters. The number of fused-ring (bicyclic) bond motifs is 1. The predicted molar refractivity (Wildman–Crippen MR) is 81.5 cm³/mol. The minimum absolute atomic E-state index is 0.564. The van der Waals surface area contributed by atoms with Crippen LogP contribution in [0.4, 0.5) is 0 Å². The van der Waals surface area contributed by atoms with E-state index in [4.69, 9.17) is 23.2 Å². The summed E-state index contributed by atoms with van der Waals surface area (Å²) < 4.78 is 1.06. The molecule has 18 heavy (non-hydrogen) atoms. The fraction of sp³-hybridized carbons (Fsp3) is 0. The molecule has 0 spiro atoms. The number of H-pyrrole nitrogens is 1. The lowest BCUT2D eigenvalue weighted by Crippen LogP contribution is -1.77. The van der Waals surface area contributed by atoms with E-state index >= 15 is 0 Å². The van der Waals surface area contributed by atoms with Crippen molar-refractivity contribution >= 4 is 50.0 Å². The fourth-order valence-corrected chi connectivity index (χ4v) is 2.60. The highest BCUT2D eigenvalue weighted by Gasteiger charge is 2.06. The number of hydrogen-bond donors (Lipinski definition) is 1. The number of rotatable bonds is 1. The van der Waals surface area contributed by atoms with E-state index in [1.165, 1.54) is 0 Å². The Kier molecular flexibility index (Phi) is 3.10. The van der Waals surface area contributed by atoms with Crippen LogP contribution >= 0.6 is 39.1 Å². The van der Waals surface area contributed by atoms with Gasteiger partial charge in [-0.05, 0) is 42.0 Å². The number of halogens is 3. The Hall–Kier alpha value is -0.960. The Bertz CT molecular complexity index is 734. The van der Waals surface area contributed by atoms with E-state index in [1.54, 1.807) is 6.07 Å². The maximum Gasteiger partial charge on any atom is 0.0599 e. The monoisotopic (exact) mass is 339 g/mol. The molecule has 90 valence electrons. The van der Waals surface area contributed by atoms with Crippen molar-refractivity contribution in [1.82, 2.24) is 4.98 Å². The second-order valence-electron chi connectivity index (χ2n) is 4.04. The largest absolute Gasteiger partial charge is 0.355 e. The Labute approximate surface area is 123 Å². The van der Waals surface area contributed by atoms with Crippen molar-refractivity contribution in [3.63, 3.8) is 0 Å². The second-order valence-corrected chi connectivity index (χ2v) is 5.77. The molecule has 3 aromatic rings. The van der Waals surface area contributed by atoms with Crippen LogP contribution in [-0.4, -0.2) is 4.98 Å². The maximum absolute atomic E-state index is 6.03. The van der Waals surface area contributed by atoms with E-state index in [9.17, 15) is 0 Å². The molecule has 0 amide bonds. The van der Waals surface area contributed by atoms with Gasteiger partial charge in [-0.2, -0.15) is 0 Å². The van der Waals surface area contributed by atoms with Crippen molar-refractivity contribution in [2.24, 2.45) is 0 Å². The summed E-state index contributed by atoms with van der Waals surface area (Å²) in [6.07, 6.45) is 0. The molecule has 1 N–H and O–H groups in total. The zero-order chi connectivity index (χ0) is 12.7. The molecule has 1 nitrogen and oxygen atoms in total. The van der Waals surface area contributed by atoms with Crippen molar-refractivity contribution in [2.75, 3.05) is 0 Å². The molecule has 0 bridgehead atoms. The molecule has 0 saturated heterocycles. The molecule has 0 fully saturated rings. The molecular weight excluding hydrogens is 333 g/mol. The van der Waals surface area contributed by atoms with E-state index in [1.807, 2.05) is 24.3 Å². The molecule has 0 aliphatic rings. The van der Waals surface area contributed by atoms with Crippen LogP contribution in [0, 0.1) is 0 Å². The van der Waals surface area contributed by atoms with Gasteiger partial charge in [0.2, 0.25) is 0 Å². The summed E-state index contributed by atoms with van der Waals surface area (Å²) in [5.41, 5.74) is 3.15. The van der Waals surface area contributed by atoms with Gasteiger partial charge in [-0.15, -0.1) is 0 Å². The van der Waals surface area contributed by atoms with Gasteiger partial charge in [0, 0.05) is 21.1 Å². The van der Waals surface area contributed by atoms with Gasteiger partial charge in [-0.25, -0.2) is 0 Å². The van der Waals surface area contributed by atoms with Crippen LogP contribution in [0.25, 0.3) is 22.2 Å². The van der Waals surface area contributed by atoms with Gasteiger partial charge >= 0.3 is 0 Å². The van der Waals surface area contributed by atoms with Gasteiger partial charge in [0.15, 0.2) is 0 Å². The lowest BCUT2D eigenvalue weighted by molar-refractivity contribution is 1.45. The summed E-state index contributed by atoms with van der Waals surface area (Å²) in [5.74, 6) is 0. The fourth-order valence-electron chi connectivity index (χ4n) is 1.92. The van der Waals surface area contributed by atoms with Gasteiger partial charge in [0.25, 0.3) is 0 Å². The highest BCUT2D eigenvalue weighted by molar-refractivity contribution is 9.10. The molecule has 0 aliphatic heterocycles. The molecule has 1 heterocycles.